The Bertz CT molecular complexity index is 447. The van der Waals surface area contributed by atoms with Gasteiger partial charge in [0.15, 0.2) is 0 Å². The van der Waals surface area contributed by atoms with Gasteiger partial charge in [-0.3, -0.25) is 4.79 Å². The second-order valence-corrected chi connectivity index (χ2v) is 5.70. The minimum atomic E-state index is -0.710. The molecule has 0 fully saturated rings. The number of aliphatic hydroxyl groups is 1. The van der Waals surface area contributed by atoms with Crippen LogP contribution in [-0.4, -0.2) is 30.3 Å². The first-order valence-electron chi connectivity index (χ1n) is 7.59. The molecule has 2 N–H and O–H groups in total. The maximum Gasteiger partial charge on any atom is 0.223 e. The fourth-order valence-corrected chi connectivity index (χ4v) is 1.95. The summed E-state index contributed by atoms with van der Waals surface area (Å²) in [6.07, 6.45) is 0.256. The number of carbonyl (C=O) groups is 1. The molecule has 4 nitrogen and oxygen atoms in total. The average molecular weight is 293 g/mol. The van der Waals surface area contributed by atoms with Gasteiger partial charge in [0.05, 0.1) is 0 Å². The molecule has 0 radical (unpaired) electrons. The van der Waals surface area contributed by atoms with E-state index in [0.29, 0.717) is 5.92 Å². The molecule has 0 bridgehead atoms. The predicted octanol–water partition coefficient (Wildman–Crippen LogP) is 2.53. The summed E-state index contributed by atoms with van der Waals surface area (Å²) in [5, 5.41) is 12.6. The van der Waals surface area contributed by atoms with Gasteiger partial charge < -0.3 is 15.2 Å². The van der Waals surface area contributed by atoms with Gasteiger partial charge in [0.2, 0.25) is 5.91 Å². The molecule has 0 aromatic heterocycles. The van der Waals surface area contributed by atoms with Crippen molar-refractivity contribution in [3.63, 3.8) is 0 Å². The van der Waals surface area contributed by atoms with Crippen molar-refractivity contribution in [2.75, 3.05) is 13.2 Å². The molecule has 4 heteroatoms. The number of amides is 1. The highest BCUT2D eigenvalue weighted by Crippen LogP contribution is 2.14. The van der Waals surface area contributed by atoms with E-state index in [-0.39, 0.29) is 25.0 Å². The van der Waals surface area contributed by atoms with Crippen LogP contribution in [0.2, 0.25) is 0 Å². The van der Waals surface area contributed by atoms with Crippen LogP contribution in [0, 0.1) is 18.8 Å². The molecule has 1 aromatic carbocycles. The summed E-state index contributed by atoms with van der Waals surface area (Å²) in [6.45, 7) is 8.41. The van der Waals surface area contributed by atoms with Crippen LogP contribution in [0.1, 0.15) is 32.8 Å². The van der Waals surface area contributed by atoms with E-state index >= 15 is 0 Å². The van der Waals surface area contributed by atoms with Crippen molar-refractivity contribution in [3.8, 4) is 5.75 Å². The fourth-order valence-electron chi connectivity index (χ4n) is 1.95. The molecule has 0 spiro atoms. The zero-order chi connectivity index (χ0) is 15.8. The maximum absolute atomic E-state index is 11.9. The minimum absolute atomic E-state index is 0.0149. The summed E-state index contributed by atoms with van der Waals surface area (Å²) < 4.78 is 5.51. The summed E-state index contributed by atoms with van der Waals surface area (Å²) >= 11 is 0. The lowest BCUT2D eigenvalue weighted by Crippen LogP contribution is -2.39. The van der Waals surface area contributed by atoms with E-state index < -0.39 is 6.10 Å². The van der Waals surface area contributed by atoms with Gasteiger partial charge in [-0.2, -0.15) is 0 Å². The molecule has 0 aliphatic heterocycles. The summed E-state index contributed by atoms with van der Waals surface area (Å²) in [6, 6.07) is 7.66. The lowest BCUT2D eigenvalue weighted by Gasteiger charge is -2.19. The molecule has 0 aliphatic carbocycles. The Morgan fingerprint density at radius 2 is 2.10 bits per heavy atom. The largest absolute Gasteiger partial charge is 0.491 e. The summed E-state index contributed by atoms with van der Waals surface area (Å²) in [4.78, 5) is 11.9. The second-order valence-electron chi connectivity index (χ2n) is 5.70. The number of ether oxygens (including phenoxy) is 1. The summed E-state index contributed by atoms with van der Waals surface area (Å²) in [5.74, 6) is 1.01. The highest BCUT2D eigenvalue weighted by molar-refractivity contribution is 5.78. The first kappa shape index (κ1) is 17.5. The number of benzene rings is 1. The van der Waals surface area contributed by atoms with Crippen molar-refractivity contribution in [2.45, 2.75) is 40.2 Å². The zero-order valence-corrected chi connectivity index (χ0v) is 13.4. The van der Waals surface area contributed by atoms with Gasteiger partial charge in [0, 0.05) is 12.5 Å². The molecule has 1 rings (SSSR count). The van der Waals surface area contributed by atoms with E-state index in [1.165, 1.54) is 0 Å². The molecule has 3 unspecified atom stereocenters. The van der Waals surface area contributed by atoms with Crippen LogP contribution in [-0.2, 0) is 4.79 Å². The van der Waals surface area contributed by atoms with Gasteiger partial charge in [-0.25, -0.2) is 0 Å². The maximum atomic E-state index is 11.9. The van der Waals surface area contributed by atoms with Gasteiger partial charge in [0.25, 0.3) is 0 Å². The fraction of sp³-hybridized carbons (Fsp3) is 0.588. The third-order valence-electron chi connectivity index (χ3n) is 3.85. The first-order chi connectivity index (χ1) is 9.93. The van der Waals surface area contributed by atoms with E-state index in [1.807, 2.05) is 38.1 Å². The van der Waals surface area contributed by atoms with Crippen LogP contribution >= 0.6 is 0 Å². The van der Waals surface area contributed by atoms with Gasteiger partial charge in [-0.1, -0.05) is 39.3 Å². The smallest absolute Gasteiger partial charge is 0.223 e. The predicted molar refractivity (Wildman–Crippen MR) is 84.3 cm³/mol. The van der Waals surface area contributed by atoms with E-state index in [9.17, 15) is 9.90 Å². The third kappa shape index (κ3) is 6.17. The molecule has 3 atom stereocenters. The minimum Gasteiger partial charge on any atom is -0.491 e. The number of hydrogen-bond donors (Lipinski definition) is 2. The Hall–Kier alpha value is -1.55. The van der Waals surface area contributed by atoms with Crippen molar-refractivity contribution in [3.05, 3.63) is 29.8 Å². The van der Waals surface area contributed by atoms with Crippen molar-refractivity contribution in [1.82, 2.24) is 5.32 Å². The second kappa shape index (κ2) is 8.67. The van der Waals surface area contributed by atoms with Crippen molar-refractivity contribution in [1.29, 1.82) is 0 Å². The normalized spacial score (nSPS) is 15.1. The van der Waals surface area contributed by atoms with Gasteiger partial charge in [-0.15, -0.1) is 0 Å². The van der Waals surface area contributed by atoms with Crippen LogP contribution in [0.15, 0.2) is 24.3 Å². The van der Waals surface area contributed by atoms with Crippen molar-refractivity contribution < 1.29 is 14.6 Å². The van der Waals surface area contributed by atoms with E-state index in [4.69, 9.17) is 4.74 Å². The molecule has 21 heavy (non-hydrogen) atoms. The van der Waals surface area contributed by atoms with Crippen LogP contribution in [0.5, 0.6) is 5.75 Å². The Labute approximate surface area is 127 Å². The van der Waals surface area contributed by atoms with Crippen LogP contribution < -0.4 is 10.1 Å². The van der Waals surface area contributed by atoms with Gasteiger partial charge in [-0.05, 0) is 30.5 Å². The third-order valence-corrected chi connectivity index (χ3v) is 3.85. The van der Waals surface area contributed by atoms with Gasteiger partial charge in [0.1, 0.15) is 18.5 Å². The van der Waals surface area contributed by atoms with Crippen LogP contribution in [0.4, 0.5) is 0 Å². The number of nitrogens with one attached hydrogen (secondary N) is 1. The summed E-state index contributed by atoms with van der Waals surface area (Å²) in [7, 11) is 0. The lowest BCUT2D eigenvalue weighted by molar-refractivity contribution is -0.126. The standard InChI is InChI=1S/C17H27NO3/c1-5-13(3)14(4)17(20)18-10-15(19)11-21-16-8-6-7-12(2)9-16/h6-9,13-15,19H,5,10-11H2,1-4H3,(H,18,20). The topological polar surface area (TPSA) is 58.6 Å². The quantitative estimate of drug-likeness (QED) is 0.774. The highest BCUT2D eigenvalue weighted by atomic mass is 16.5. The zero-order valence-electron chi connectivity index (χ0n) is 13.4. The number of rotatable bonds is 8. The lowest BCUT2D eigenvalue weighted by atomic mass is 9.93. The first-order valence-corrected chi connectivity index (χ1v) is 7.59. The van der Waals surface area contributed by atoms with Crippen LogP contribution in [0.25, 0.3) is 0 Å². The number of aliphatic hydroxyl groups excluding tert-OH is 1. The van der Waals surface area contributed by atoms with Crippen LogP contribution in [0.3, 0.4) is 0 Å². The SMILES string of the molecule is CCC(C)C(C)C(=O)NCC(O)COc1cccc(C)c1. The molecular weight excluding hydrogens is 266 g/mol. The molecule has 0 saturated carbocycles. The number of hydrogen-bond acceptors (Lipinski definition) is 3. The molecule has 1 amide bonds. The summed E-state index contributed by atoms with van der Waals surface area (Å²) in [5.41, 5.74) is 1.11. The Balaban J connectivity index is 2.31. The molecule has 0 aliphatic rings. The Morgan fingerprint density at radius 3 is 2.71 bits per heavy atom. The monoisotopic (exact) mass is 293 g/mol. The van der Waals surface area contributed by atoms with E-state index in [1.54, 1.807) is 0 Å². The average Bonchev–Trinajstić information content (AvgIpc) is 2.49. The van der Waals surface area contributed by atoms with Crippen molar-refractivity contribution >= 4 is 5.91 Å². The molecule has 1 aromatic rings. The highest BCUT2D eigenvalue weighted by Gasteiger charge is 2.19. The van der Waals surface area contributed by atoms with E-state index in [2.05, 4.69) is 19.2 Å². The molecule has 0 heterocycles. The molecule has 0 saturated heterocycles. The molecular formula is C17H27NO3. The van der Waals surface area contributed by atoms with Gasteiger partial charge >= 0.3 is 0 Å². The number of carbonyl (C=O) groups excluding carboxylic acids is 1. The van der Waals surface area contributed by atoms with Crippen molar-refractivity contribution in [2.24, 2.45) is 11.8 Å². The Morgan fingerprint density at radius 1 is 1.38 bits per heavy atom. The van der Waals surface area contributed by atoms with E-state index in [0.717, 1.165) is 17.7 Å². The number of aryl methyl sites for hydroxylation is 1. The molecule has 118 valence electrons. The Kier molecular flexibility index (Phi) is 7.23.